The molecule has 0 amide bonds. The minimum absolute atomic E-state index is 0.591. The predicted octanol–water partition coefficient (Wildman–Crippen LogP) is 12.9. The van der Waals surface area contributed by atoms with Gasteiger partial charge in [0.2, 0.25) is 0 Å². The molecule has 0 aliphatic rings. The molecule has 0 saturated carbocycles. The van der Waals surface area contributed by atoms with Gasteiger partial charge in [0.1, 0.15) is 11.2 Å². The highest BCUT2D eigenvalue weighted by Gasteiger charge is 2.21. The highest BCUT2D eigenvalue weighted by molar-refractivity contribution is 6.16. The zero-order valence-electron chi connectivity index (χ0n) is 28.6. The second-order valence-electron chi connectivity index (χ2n) is 13.2. The number of rotatable bonds is 6. The minimum Gasteiger partial charge on any atom is -0.455 e. The Labute approximate surface area is 306 Å². The third kappa shape index (κ3) is 5.63. The summed E-state index contributed by atoms with van der Waals surface area (Å²) in [7, 11) is 0. The van der Waals surface area contributed by atoms with Gasteiger partial charge in [0, 0.05) is 33.0 Å². The normalized spacial score (nSPS) is 11.4. The summed E-state index contributed by atoms with van der Waals surface area (Å²) in [5, 5.41) is 4.28. The first kappa shape index (κ1) is 30.6. The van der Waals surface area contributed by atoms with Crippen LogP contribution in [0.15, 0.2) is 192 Å². The van der Waals surface area contributed by atoms with E-state index in [1.165, 1.54) is 5.39 Å². The Bertz CT molecular complexity index is 2880. The molecule has 0 fully saturated rings. The van der Waals surface area contributed by atoms with E-state index in [0.29, 0.717) is 17.5 Å². The van der Waals surface area contributed by atoms with Gasteiger partial charge in [0.15, 0.2) is 17.5 Å². The standard InChI is InChI=1S/C49H31N3O/c1-4-14-32(15-5-1)38-29-39(33-16-6-2-7-17-33)31-40(30-38)41-26-27-43(45-42-22-12-13-23-44(42)53-46(41)45)49-51-47(35-19-8-3-9-20-35)50-48(52-49)37-25-24-34-18-10-11-21-36(34)28-37/h1-31H. The topological polar surface area (TPSA) is 51.8 Å². The molecule has 0 saturated heterocycles. The average molecular weight is 678 g/mol. The molecular formula is C49H31N3O. The van der Waals surface area contributed by atoms with Crippen LogP contribution in [0.2, 0.25) is 0 Å². The van der Waals surface area contributed by atoms with Gasteiger partial charge in [-0.15, -0.1) is 0 Å². The van der Waals surface area contributed by atoms with Crippen molar-refractivity contribution in [3.63, 3.8) is 0 Å². The lowest BCUT2D eigenvalue weighted by Gasteiger charge is -2.13. The van der Waals surface area contributed by atoms with Crippen LogP contribution >= 0.6 is 0 Å². The van der Waals surface area contributed by atoms with E-state index in [0.717, 1.165) is 77.4 Å². The van der Waals surface area contributed by atoms with Crippen LogP contribution in [0.4, 0.5) is 0 Å². The molecule has 0 spiro atoms. The van der Waals surface area contributed by atoms with Crippen molar-refractivity contribution in [1.82, 2.24) is 15.0 Å². The molecule has 0 bridgehead atoms. The summed E-state index contributed by atoms with van der Waals surface area (Å²) in [4.78, 5) is 15.4. The molecule has 0 atom stereocenters. The molecule has 2 heterocycles. The van der Waals surface area contributed by atoms with Crippen molar-refractivity contribution in [3.8, 4) is 67.5 Å². The van der Waals surface area contributed by atoms with Crippen molar-refractivity contribution < 1.29 is 4.42 Å². The van der Waals surface area contributed by atoms with Crippen molar-refractivity contribution in [3.05, 3.63) is 188 Å². The zero-order valence-corrected chi connectivity index (χ0v) is 28.6. The first-order valence-corrected chi connectivity index (χ1v) is 17.8. The van der Waals surface area contributed by atoms with E-state index in [2.05, 4.69) is 146 Å². The fourth-order valence-corrected chi connectivity index (χ4v) is 7.29. The van der Waals surface area contributed by atoms with Crippen LogP contribution in [0, 0.1) is 0 Å². The predicted molar refractivity (Wildman–Crippen MR) is 217 cm³/mol. The Kier molecular flexibility index (Phi) is 7.43. The molecule has 0 unspecified atom stereocenters. The summed E-state index contributed by atoms with van der Waals surface area (Å²) >= 11 is 0. The third-order valence-electron chi connectivity index (χ3n) is 9.90. The van der Waals surface area contributed by atoms with Gasteiger partial charge >= 0.3 is 0 Å². The highest BCUT2D eigenvalue weighted by atomic mass is 16.3. The Morgan fingerprint density at radius 2 is 0.849 bits per heavy atom. The first-order chi connectivity index (χ1) is 26.2. The van der Waals surface area contributed by atoms with Gasteiger partial charge in [-0.1, -0.05) is 146 Å². The maximum atomic E-state index is 6.80. The fraction of sp³-hybridized carbons (Fsp3) is 0. The van der Waals surface area contributed by atoms with Crippen LogP contribution in [-0.2, 0) is 0 Å². The number of fused-ring (bicyclic) bond motifs is 4. The first-order valence-electron chi connectivity index (χ1n) is 17.8. The summed E-state index contributed by atoms with van der Waals surface area (Å²) in [5.41, 5.74) is 11.0. The number of hydrogen-bond donors (Lipinski definition) is 0. The number of furan rings is 1. The van der Waals surface area contributed by atoms with Crippen LogP contribution in [-0.4, -0.2) is 15.0 Å². The maximum absolute atomic E-state index is 6.80. The minimum atomic E-state index is 0.591. The van der Waals surface area contributed by atoms with Crippen molar-refractivity contribution in [2.45, 2.75) is 0 Å². The second kappa shape index (κ2) is 12.9. The van der Waals surface area contributed by atoms with Gasteiger partial charge in [0.25, 0.3) is 0 Å². The van der Waals surface area contributed by atoms with Crippen LogP contribution in [0.25, 0.3) is 100 Å². The lowest BCUT2D eigenvalue weighted by Crippen LogP contribution is -2.00. The SMILES string of the molecule is c1ccc(-c2cc(-c3ccccc3)cc(-c3ccc(-c4nc(-c5ccccc5)nc(-c5ccc6ccccc6c5)n4)c4c3oc3ccccc34)c2)cc1. The van der Waals surface area contributed by atoms with Crippen LogP contribution < -0.4 is 0 Å². The molecule has 0 N–H and O–H groups in total. The van der Waals surface area contributed by atoms with E-state index in [1.807, 2.05) is 42.5 Å². The summed E-state index contributed by atoms with van der Waals surface area (Å²) in [6.45, 7) is 0. The van der Waals surface area contributed by atoms with E-state index in [4.69, 9.17) is 19.4 Å². The molecule has 8 aromatic carbocycles. The lowest BCUT2D eigenvalue weighted by atomic mass is 9.91. The Morgan fingerprint density at radius 3 is 1.55 bits per heavy atom. The summed E-state index contributed by atoms with van der Waals surface area (Å²) in [5.74, 6) is 1.83. The van der Waals surface area contributed by atoms with Gasteiger partial charge in [-0.3, -0.25) is 0 Å². The number of benzene rings is 8. The van der Waals surface area contributed by atoms with E-state index in [1.54, 1.807) is 0 Å². The van der Waals surface area contributed by atoms with Gasteiger partial charge in [-0.05, 0) is 81.1 Å². The quantitative estimate of drug-likeness (QED) is 0.176. The van der Waals surface area contributed by atoms with E-state index in [-0.39, 0.29) is 0 Å². The van der Waals surface area contributed by atoms with Gasteiger partial charge in [-0.25, -0.2) is 15.0 Å². The fourth-order valence-electron chi connectivity index (χ4n) is 7.29. The molecular weight excluding hydrogens is 647 g/mol. The smallest absolute Gasteiger partial charge is 0.164 e. The number of para-hydroxylation sites is 1. The van der Waals surface area contributed by atoms with E-state index >= 15 is 0 Å². The van der Waals surface area contributed by atoms with Crippen LogP contribution in [0.1, 0.15) is 0 Å². The maximum Gasteiger partial charge on any atom is 0.164 e. The molecule has 53 heavy (non-hydrogen) atoms. The summed E-state index contributed by atoms with van der Waals surface area (Å²) in [6.07, 6.45) is 0. The molecule has 0 aliphatic carbocycles. The molecule has 2 aromatic heterocycles. The second-order valence-corrected chi connectivity index (χ2v) is 13.2. The monoisotopic (exact) mass is 677 g/mol. The third-order valence-corrected chi connectivity index (χ3v) is 9.90. The van der Waals surface area contributed by atoms with Crippen molar-refractivity contribution in [2.75, 3.05) is 0 Å². The summed E-state index contributed by atoms with van der Waals surface area (Å²) < 4.78 is 6.80. The Morgan fingerprint density at radius 1 is 0.321 bits per heavy atom. The largest absolute Gasteiger partial charge is 0.455 e. The van der Waals surface area contributed by atoms with Crippen molar-refractivity contribution in [2.24, 2.45) is 0 Å². The molecule has 0 aliphatic heterocycles. The van der Waals surface area contributed by atoms with E-state index in [9.17, 15) is 0 Å². The van der Waals surface area contributed by atoms with Crippen LogP contribution in [0.3, 0.4) is 0 Å². The lowest BCUT2D eigenvalue weighted by molar-refractivity contribution is 0.670. The van der Waals surface area contributed by atoms with Crippen LogP contribution in [0.5, 0.6) is 0 Å². The molecule has 4 heteroatoms. The van der Waals surface area contributed by atoms with Crippen molar-refractivity contribution in [1.29, 1.82) is 0 Å². The molecule has 4 nitrogen and oxygen atoms in total. The molecule has 0 radical (unpaired) electrons. The van der Waals surface area contributed by atoms with Crippen molar-refractivity contribution >= 4 is 32.7 Å². The Balaban J connectivity index is 1.22. The number of hydrogen-bond acceptors (Lipinski definition) is 4. The summed E-state index contributed by atoms with van der Waals surface area (Å²) in [6, 6.07) is 65.2. The van der Waals surface area contributed by atoms with Gasteiger partial charge in [0.05, 0.1) is 0 Å². The molecule has 248 valence electrons. The number of nitrogens with zero attached hydrogens (tertiary/aromatic N) is 3. The number of aromatic nitrogens is 3. The molecule has 10 rings (SSSR count). The zero-order chi connectivity index (χ0) is 35.1. The Hall–Kier alpha value is -7.17. The van der Waals surface area contributed by atoms with E-state index < -0.39 is 0 Å². The molecule has 10 aromatic rings. The average Bonchev–Trinajstić information content (AvgIpc) is 3.64. The van der Waals surface area contributed by atoms with Gasteiger partial charge in [-0.2, -0.15) is 0 Å². The highest BCUT2D eigenvalue weighted by Crippen LogP contribution is 2.43. The van der Waals surface area contributed by atoms with Gasteiger partial charge < -0.3 is 4.42 Å².